The molecule has 146 valence electrons. The number of para-hydroxylation sites is 1. The molecule has 3 heterocycles. The molecule has 0 bridgehead atoms. The topological polar surface area (TPSA) is 66.3 Å². The van der Waals surface area contributed by atoms with Crippen LogP contribution in [0.3, 0.4) is 0 Å². The number of pyridine rings is 1. The normalized spacial score (nSPS) is 15.8. The van der Waals surface area contributed by atoms with Crippen LogP contribution in [0.1, 0.15) is 16.8 Å². The molecule has 0 aliphatic carbocycles. The number of nitrogens with one attached hydrogen (secondary N) is 1. The van der Waals surface area contributed by atoms with Gasteiger partial charge in [0.05, 0.1) is 5.56 Å². The van der Waals surface area contributed by atoms with E-state index in [1.54, 1.807) is 18.6 Å². The Hall–Kier alpha value is -2.77. The average Bonchev–Trinajstić information content (AvgIpc) is 3.16. The number of nitrogens with zero attached hydrogens (tertiary/aromatic N) is 5. The van der Waals surface area contributed by atoms with E-state index in [1.807, 2.05) is 34.9 Å². The van der Waals surface area contributed by atoms with Gasteiger partial charge in [0.25, 0.3) is 5.91 Å². The summed E-state index contributed by atoms with van der Waals surface area (Å²) in [5.41, 5.74) is 3.01. The zero-order valence-electron chi connectivity index (χ0n) is 16.2. The van der Waals surface area contributed by atoms with Gasteiger partial charge in [-0.15, -0.1) is 0 Å². The van der Waals surface area contributed by atoms with Crippen molar-refractivity contribution in [1.82, 2.24) is 29.7 Å². The number of likely N-dealkylation sites (N-methyl/N-ethyl adjacent to an activating group) is 1. The molecule has 0 saturated carbocycles. The zero-order chi connectivity index (χ0) is 19.3. The minimum Gasteiger partial charge on any atom is -0.352 e. The van der Waals surface area contributed by atoms with E-state index < -0.39 is 0 Å². The van der Waals surface area contributed by atoms with Crippen molar-refractivity contribution in [1.29, 1.82) is 0 Å². The highest BCUT2D eigenvalue weighted by atomic mass is 16.1. The lowest BCUT2D eigenvalue weighted by Gasteiger charge is -2.32. The van der Waals surface area contributed by atoms with Crippen molar-refractivity contribution in [3.8, 4) is 5.69 Å². The molecule has 0 radical (unpaired) electrons. The fourth-order valence-electron chi connectivity index (χ4n) is 3.48. The lowest BCUT2D eigenvalue weighted by atomic mass is 10.2. The van der Waals surface area contributed by atoms with Gasteiger partial charge >= 0.3 is 0 Å². The molecule has 7 heteroatoms. The van der Waals surface area contributed by atoms with Crippen molar-refractivity contribution < 1.29 is 4.79 Å². The second-order valence-electron chi connectivity index (χ2n) is 7.27. The Morgan fingerprint density at radius 1 is 1.11 bits per heavy atom. The van der Waals surface area contributed by atoms with E-state index in [-0.39, 0.29) is 5.91 Å². The smallest absolute Gasteiger partial charge is 0.252 e. The van der Waals surface area contributed by atoms with E-state index in [2.05, 4.69) is 32.1 Å². The molecule has 7 nitrogen and oxygen atoms in total. The quantitative estimate of drug-likeness (QED) is 0.663. The molecule has 1 N–H and O–H groups in total. The standard InChI is InChI=1S/C21H26N6O/c1-25-10-12-26(13-11-25)9-5-8-22-21(28)17-14-19-20(23-15-17)27(16-24-19)18-6-3-2-4-7-18/h2-4,6-7,14-16H,5,8-13H2,1H3,(H,22,28). The number of hydrogen-bond donors (Lipinski definition) is 1. The van der Waals surface area contributed by atoms with Crippen molar-refractivity contribution in [2.45, 2.75) is 6.42 Å². The zero-order valence-corrected chi connectivity index (χ0v) is 16.2. The summed E-state index contributed by atoms with van der Waals surface area (Å²) >= 11 is 0. The monoisotopic (exact) mass is 378 g/mol. The molecule has 28 heavy (non-hydrogen) atoms. The summed E-state index contributed by atoms with van der Waals surface area (Å²) in [6.45, 7) is 6.14. The SMILES string of the molecule is CN1CCN(CCCNC(=O)c2cnc3c(c2)ncn3-c2ccccc2)CC1. The molecular weight excluding hydrogens is 352 g/mol. The molecule has 1 amide bonds. The Bertz CT molecular complexity index is 930. The third-order valence-electron chi connectivity index (χ3n) is 5.22. The Morgan fingerprint density at radius 3 is 2.68 bits per heavy atom. The van der Waals surface area contributed by atoms with Gasteiger partial charge in [-0.3, -0.25) is 9.36 Å². The number of benzene rings is 1. The number of amides is 1. The largest absolute Gasteiger partial charge is 0.352 e. The Labute approximate surface area is 165 Å². The summed E-state index contributed by atoms with van der Waals surface area (Å²) in [5, 5.41) is 3.00. The Morgan fingerprint density at radius 2 is 1.89 bits per heavy atom. The molecule has 0 spiro atoms. The van der Waals surface area contributed by atoms with E-state index in [9.17, 15) is 4.79 Å². The number of piperazine rings is 1. The lowest BCUT2D eigenvalue weighted by molar-refractivity contribution is 0.0949. The van der Waals surface area contributed by atoms with Gasteiger partial charge in [0.2, 0.25) is 0 Å². The molecule has 1 saturated heterocycles. The highest BCUT2D eigenvalue weighted by Gasteiger charge is 2.14. The van der Waals surface area contributed by atoms with Crippen LogP contribution in [0.15, 0.2) is 48.9 Å². The third kappa shape index (κ3) is 4.21. The van der Waals surface area contributed by atoms with Gasteiger partial charge in [0.1, 0.15) is 11.8 Å². The van der Waals surface area contributed by atoms with Gasteiger partial charge in [-0.05, 0) is 38.2 Å². The molecule has 1 fully saturated rings. The van der Waals surface area contributed by atoms with E-state index in [4.69, 9.17) is 0 Å². The maximum atomic E-state index is 12.5. The predicted molar refractivity (Wildman–Crippen MR) is 110 cm³/mol. The maximum Gasteiger partial charge on any atom is 0.252 e. The summed E-state index contributed by atoms with van der Waals surface area (Å²) in [7, 11) is 2.16. The lowest BCUT2D eigenvalue weighted by Crippen LogP contribution is -2.45. The van der Waals surface area contributed by atoms with Gasteiger partial charge < -0.3 is 15.1 Å². The van der Waals surface area contributed by atoms with Crippen molar-refractivity contribution >= 4 is 17.1 Å². The van der Waals surface area contributed by atoms with Gasteiger partial charge in [-0.2, -0.15) is 0 Å². The minimum atomic E-state index is -0.0953. The van der Waals surface area contributed by atoms with Gasteiger partial charge in [0, 0.05) is 44.6 Å². The van der Waals surface area contributed by atoms with Crippen LogP contribution in [-0.4, -0.2) is 76.6 Å². The molecule has 1 aliphatic rings. The van der Waals surface area contributed by atoms with Crippen LogP contribution >= 0.6 is 0 Å². The maximum absolute atomic E-state index is 12.5. The Balaban J connectivity index is 1.33. The molecule has 4 rings (SSSR count). The first-order valence-electron chi connectivity index (χ1n) is 9.78. The molecule has 1 aromatic carbocycles. The van der Waals surface area contributed by atoms with E-state index in [0.717, 1.165) is 50.5 Å². The van der Waals surface area contributed by atoms with Crippen LogP contribution in [-0.2, 0) is 0 Å². The first kappa shape index (κ1) is 18.6. The summed E-state index contributed by atoms with van der Waals surface area (Å²) in [6.07, 6.45) is 4.32. The number of carbonyl (C=O) groups is 1. The van der Waals surface area contributed by atoms with Crippen molar-refractivity contribution in [2.75, 3.05) is 46.3 Å². The van der Waals surface area contributed by atoms with Gasteiger partial charge in [0.15, 0.2) is 5.65 Å². The van der Waals surface area contributed by atoms with Crippen LogP contribution in [0, 0.1) is 0 Å². The van der Waals surface area contributed by atoms with E-state index >= 15 is 0 Å². The number of imidazole rings is 1. The van der Waals surface area contributed by atoms with Crippen LogP contribution in [0.4, 0.5) is 0 Å². The summed E-state index contributed by atoms with van der Waals surface area (Å²) < 4.78 is 1.92. The van der Waals surface area contributed by atoms with Crippen molar-refractivity contribution in [3.05, 3.63) is 54.5 Å². The molecule has 3 aromatic rings. The summed E-state index contributed by atoms with van der Waals surface area (Å²) in [4.78, 5) is 26.1. The van der Waals surface area contributed by atoms with Crippen LogP contribution < -0.4 is 5.32 Å². The number of hydrogen-bond acceptors (Lipinski definition) is 5. The number of aromatic nitrogens is 3. The van der Waals surface area contributed by atoms with Crippen molar-refractivity contribution in [3.63, 3.8) is 0 Å². The number of carbonyl (C=O) groups excluding carboxylic acids is 1. The second-order valence-corrected chi connectivity index (χ2v) is 7.27. The number of rotatable bonds is 6. The average molecular weight is 378 g/mol. The fourth-order valence-corrected chi connectivity index (χ4v) is 3.48. The molecule has 0 atom stereocenters. The molecule has 0 unspecified atom stereocenters. The Kier molecular flexibility index (Phi) is 5.64. The van der Waals surface area contributed by atoms with Crippen LogP contribution in [0.25, 0.3) is 16.9 Å². The first-order valence-corrected chi connectivity index (χ1v) is 9.78. The fraction of sp³-hybridized carbons (Fsp3) is 0.381. The summed E-state index contributed by atoms with van der Waals surface area (Å²) in [5.74, 6) is -0.0953. The van der Waals surface area contributed by atoms with E-state index in [1.165, 1.54) is 0 Å². The van der Waals surface area contributed by atoms with Gasteiger partial charge in [-0.25, -0.2) is 9.97 Å². The summed E-state index contributed by atoms with van der Waals surface area (Å²) in [6, 6.07) is 11.7. The van der Waals surface area contributed by atoms with E-state index in [0.29, 0.717) is 17.6 Å². The molecule has 1 aliphatic heterocycles. The third-order valence-corrected chi connectivity index (χ3v) is 5.22. The predicted octanol–water partition coefficient (Wildman–Crippen LogP) is 1.79. The first-order chi connectivity index (χ1) is 13.7. The minimum absolute atomic E-state index is 0.0953. The highest BCUT2D eigenvalue weighted by molar-refractivity contribution is 5.96. The van der Waals surface area contributed by atoms with Crippen molar-refractivity contribution in [2.24, 2.45) is 0 Å². The van der Waals surface area contributed by atoms with Crippen LogP contribution in [0.2, 0.25) is 0 Å². The van der Waals surface area contributed by atoms with Crippen LogP contribution in [0.5, 0.6) is 0 Å². The second kappa shape index (κ2) is 8.50. The van der Waals surface area contributed by atoms with Gasteiger partial charge in [-0.1, -0.05) is 18.2 Å². The molecular formula is C21H26N6O. The molecule has 2 aromatic heterocycles. The highest BCUT2D eigenvalue weighted by Crippen LogP contribution is 2.17. The number of fused-ring (bicyclic) bond motifs is 1.